The number of amides is 1. The fourth-order valence-corrected chi connectivity index (χ4v) is 4.60. The summed E-state index contributed by atoms with van der Waals surface area (Å²) in [7, 11) is 0. The van der Waals surface area contributed by atoms with Gasteiger partial charge >= 0.3 is 11.9 Å². The Morgan fingerprint density at radius 3 is 1.83 bits per heavy atom. The van der Waals surface area contributed by atoms with Gasteiger partial charge in [0.15, 0.2) is 5.75 Å². The molecule has 3 atom stereocenters. The lowest BCUT2D eigenvalue weighted by molar-refractivity contribution is -0.159. The molecule has 3 aliphatic heterocycles. The van der Waals surface area contributed by atoms with Crippen molar-refractivity contribution >= 4 is 17.8 Å². The van der Waals surface area contributed by atoms with Gasteiger partial charge in [-0.15, -0.1) is 0 Å². The van der Waals surface area contributed by atoms with Crippen LogP contribution in [0.15, 0.2) is 0 Å². The Morgan fingerprint density at radius 2 is 1.36 bits per heavy atom. The molecule has 3 fully saturated rings. The number of likely N-dealkylation sites (tertiary alicyclic amines) is 1. The standard InChI is InChI=1S/C21H21F5N2O2.C2H2O4/c22-16-17(23)19(25)21(20(26)18(16)24)30-14-10-12-5-6-13(11-14)28(12)9-2-1-7-27-8-3-4-15(27)29;3-1(4)2(5)6/h12-14H,3-11H2;(H,3,4)(H,5,6)/t12-,13+,14+;. The minimum Gasteiger partial charge on any atom is -0.484 e. The van der Waals surface area contributed by atoms with Crippen molar-refractivity contribution in [3.05, 3.63) is 29.1 Å². The van der Waals surface area contributed by atoms with Gasteiger partial charge in [-0.05, 0) is 32.1 Å². The summed E-state index contributed by atoms with van der Waals surface area (Å²) in [5.41, 5.74) is 0. The number of hydrogen-bond donors (Lipinski definition) is 2. The summed E-state index contributed by atoms with van der Waals surface area (Å²) in [6.07, 6.45) is 3.35. The second-order valence-corrected chi connectivity index (χ2v) is 8.55. The van der Waals surface area contributed by atoms with Crippen LogP contribution in [0.2, 0.25) is 0 Å². The number of nitrogens with zero attached hydrogens (tertiary/aromatic N) is 2. The lowest BCUT2D eigenvalue weighted by Gasteiger charge is -2.37. The van der Waals surface area contributed by atoms with E-state index in [1.807, 2.05) is 0 Å². The second kappa shape index (κ2) is 11.6. The van der Waals surface area contributed by atoms with Crippen molar-refractivity contribution in [2.75, 3.05) is 19.6 Å². The first-order chi connectivity index (χ1) is 17.0. The Balaban J connectivity index is 0.000000538. The summed E-state index contributed by atoms with van der Waals surface area (Å²) in [6, 6.07) is 0.135. The normalized spacial score (nSPS) is 23.0. The van der Waals surface area contributed by atoms with E-state index in [4.69, 9.17) is 24.5 Å². The van der Waals surface area contributed by atoms with Crippen LogP contribution in [0.3, 0.4) is 0 Å². The molecule has 3 saturated heterocycles. The predicted molar refractivity (Wildman–Crippen MR) is 112 cm³/mol. The zero-order valence-electron chi connectivity index (χ0n) is 18.9. The number of benzene rings is 1. The number of carbonyl (C=O) groups is 3. The Hall–Kier alpha value is -3.40. The molecule has 0 unspecified atom stereocenters. The first-order valence-corrected chi connectivity index (χ1v) is 11.1. The van der Waals surface area contributed by atoms with Gasteiger partial charge in [-0.1, -0.05) is 11.8 Å². The van der Waals surface area contributed by atoms with Crippen LogP contribution in [0.5, 0.6) is 5.75 Å². The van der Waals surface area contributed by atoms with Gasteiger partial charge in [-0.3, -0.25) is 9.69 Å². The minimum atomic E-state index is -2.19. The molecule has 36 heavy (non-hydrogen) atoms. The number of carboxylic acids is 2. The van der Waals surface area contributed by atoms with E-state index in [-0.39, 0.29) is 18.0 Å². The van der Waals surface area contributed by atoms with E-state index in [0.717, 1.165) is 25.8 Å². The fourth-order valence-electron chi connectivity index (χ4n) is 4.60. The molecule has 0 saturated carbocycles. The average Bonchev–Trinajstić information content (AvgIpc) is 3.35. The van der Waals surface area contributed by atoms with Gasteiger partial charge in [0.1, 0.15) is 6.10 Å². The van der Waals surface area contributed by atoms with Crippen LogP contribution in [0.25, 0.3) is 0 Å². The van der Waals surface area contributed by atoms with Crippen molar-refractivity contribution < 1.29 is 51.3 Å². The smallest absolute Gasteiger partial charge is 0.414 e. The van der Waals surface area contributed by atoms with Gasteiger partial charge in [0.05, 0.1) is 13.1 Å². The highest BCUT2D eigenvalue weighted by Crippen LogP contribution is 2.38. The van der Waals surface area contributed by atoms with Gasteiger partial charge in [-0.25, -0.2) is 22.8 Å². The predicted octanol–water partition coefficient (Wildman–Crippen LogP) is 2.54. The molecular weight excluding hydrogens is 495 g/mol. The number of aliphatic carboxylic acids is 2. The molecule has 196 valence electrons. The summed E-state index contributed by atoms with van der Waals surface area (Å²) >= 11 is 0. The molecule has 4 rings (SSSR count). The van der Waals surface area contributed by atoms with Gasteiger partial charge in [0, 0.05) is 25.0 Å². The molecule has 8 nitrogen and oxygen atoms in total. The highest BCUT2D eigenvalue weighted by atomic mass is 19.2. The van der Waals surface area contributed by atoms with E-state index in [9.17, 15) is 26.7 Å². The van der Waals surface area contributed by atoms with Crippen LogP contribution >= 0.6 is 0 Å². The van der Waals surface area contributed by atoms with E-state index < -0.39 is 52.9 Å². The van der Waals surface area contributed by atoms with E-state index in [1.165, 1.54) is 0 Å². The zero-order chi connectivity index (χ0) is 26.6. The number of fused-ring (bicyclic) bond motifs is 2. The molecule has 1 aromatic carbocycles. The van der Waals surface area contributed by atoms with Crippen molar-refractivity contribution in [3.8, 4) is 17.6 Å². The monoisotopic (exact) mass is 518 g/mol. The number of hydrogen-bond acceptors (Lipinski definition) is 5. The molecule has 0 radical (unpaired) electrons. The average molecular weight is 518 g/mol. The third-order valence-electron chi connectivity index (χ3n) is 6.31. The van der Waals surface area contributed by atoms with Crippen LogP contribution in [0.1, 0.15) is 38.5 Å². The van der Waals surface area contributed by atoms with Crippen LogP contribution in [0, 0.1) is 40.9 Å². The van der Waals surface area contributed by atoms with Gasteiger partial charge in [-0.2, -0.15) is 8.78 Å². The van der Waals surface area contributed by atoms with Crippen LogP contribution in [-0.2, 0) is 14.4 Å². The number of rotatable bonds is 4. The van der Waals surface area contributed by atoms with Crippen molar-refractivity contribution in [1.29, 1.82) is 0 Å². The summed E-state index contributed by atoms with van der Waals surface area (Å²) in [6.45, 7) is 1.65. The topological polar surface area (TPSA) is 107 Å². The number of ether oxygens (including phenoxy) is 1. The summed E-state index contributed by atoms with van der Waals surface area (Å²) < 4.78 is 73.1. The van der Waals surface area contributed by atoms with Crippen molar-refractivity contribution in [2.24, 2.45) is 0 Å². The molecule has 1 amide bonds. The quantitative estimate of drug-likeness (QED) is 0.207. The molecule has 0 aromatic heterocycles. The van der Waals surface area contributed by atoms with Gasteiger partial charge in [0.2, 0.25) is 35.0 Å². The van der Waals surface area contributed by atoms with Crippen LogP contribution < -0.4 is 4.74 Å². The van der Waals surface area contributed by atoms with Crippen LogP contribution in [-0.4, -0.2) is 75.7 Å². The second-order valence-electron chi connectivity index (χ2n) is 8.55. The minimum absolute atomic E-state index is 0.0673. The third-order valence-corrected chi connectivity index (χ3v) is 6.31. The number of carboxylic acid groups (broad SMARTS) is 2. The SMILES string of the molecule is O=C(O)C(=O)O.O=C1CCCN1CC#CCN1[C@@H]2CC[C@H]1C[C@@H](Oc1c(F)c(F)c(F)c(F)c1F)C2. The van der Waals surface area contributed by atoms with Gasteiger partial charge < -0.3 is 19.8 Å². The maximum absolute atomic E-state index is 13.9. The zero-order valence-corrected chi connectivity index (χ0v) is 18.9. The van der Waals surface area contributed by atoms with Crippen molar-refractivity contribution in [3.63, 3.8) is 0 Å². The summed E-state index contributed by atoms with van der Waals surface area (Å²) in [5.74, 6) is -8.71. The Morgan fingerprint density at radius 1 is 0.861 bits per heavy atom. The first kappa shape index (κ1) is 27.2. The maximum atomic E-state index is 13.9. The molecule has 2 N–H and O–H groups in total. The van der Waals surface area contributed by atoms with Crippen LogP contribution in [0.4, 0.5) is 22.0 Å². The number of halogens is 5. The van der Waals surface area contributed by atoms with E-state index in [1.54, 1.807) is 4.90 Å². The lowest BCUT2D eigenvalue weighted by Crippen LogP contribution is -2.46. The van der Waals surface area contributed by atoms with E-state index >= 15 is 0 Å². The molecular formula is C23H23F5N2O6. The first-order valence-electron chi connectivity index (χ1n) is 11.1. The van der Waals surface area contributed by atoms with E-state index in [2.05, 4.69) is 16.7 Å². The highest BCUT2D eigenvalue weighted by molar-refractivity contribution is 6.27. The largest absolute Gasteiger partial charge is 0.484 e. The third kappa shape index (κ3) is 6.04. The Bertz CT molecular complexity index is 1050. The van der Waals surface area contributed by atoms with Crippen molar-refractivity contribution in [1.82, 2.24) is 9.80 Å². The molecule has 1 aromatic rings. The lowest BCUT2D eigenvalue weighted by atomic mass is 9.99. The van der Waals surface area contributed by atoms with E-state index in [0.29, 0.717) is 32.4 Å². The molecule has 13 heteroatoms. The fraction of sp³-hybridized carbons (Fsp3) is 0.522. The summed E-state index contributed by atoms with van der Waals surface area (Å²) in [5, 5.41) is 14.8. The van der Waals surface area contributed by atoms with Crippen molar-refractivity contribution in [2.45, 2.75) is 56.7 Å². The van der Waals surface area contributed by atoms with Gasteiger partial charge in [0.25, 0.3) is 0 Å². The highest BCUT2D eigenvalue weighted by Gasteiger charge is 2.42. The molecule has 2 bridgehead atoms. The Labute approximate surface area is 202 Å². The Kier molecular flexibility index (Phi) is 8.73. The number of carbonyl (C=O) groups excluding carboxylic acids is 1. The summed E-state index contributed by atoms with van der Waals surface area (Å²) in [4.78, 5) is 33.7. The molecule has 0 spiro atoms. The molecule has 3 heterocycles. The number of piperidine rings is 1. The molecule has 3 aliphatic rings. The molecule has 0 aliphatic carbocycles. The maximum Gasteiger partial charge on any atom is 0.414 e.